The van der Waals surface area contributed by atoms with Gasteiger partial charge in [-0.1, -0.05) is 11.6 Å². The van der Waals surface area contributed by atoms with Crippen LogP contribution in [-0.2, 0) is 19.4 Å². The summed E-state index contributed by atoms with van der Waals surface area (Å²) in [7, 11) is -1.98. The van der Waals surface area contributed by atoms with Crippen molar-refractivity contribution < 1.29 is 17.9 Å². The van der Waals surface area contributed by atoms with Crippen molar-refractivity contribution >= 4 is 33.2 Å². The number of sulfone groups is 1. The molecule has 2 heterocycles. The lowest BCUT2D eigenvalue weighted by Gasteiger charge is -2.18. The van der Waals surface area contributed by atoms with E-state index in [1.165, 1.54) is 19.4 Å². The molecule has 0 aliphatic carbocycles. The summed E-state index contributed by atoms with van der Waals surface area (Å²) in [6, 6.07) is 1.38. The summed E-state index contributed by atoms with van der Waals surface area (Å²) in [6.45, 7) is 1.10. The Bertz CT molecular complexity index is 632. The van der Waals surface area contributed by atoms with Crippen molar-refractivity contribution in [1.29, 1.82) is 0 Å². The molecule has 0 amide bonds. The van der Waals surface area contributed by atoms with Crippen molar-refractivity contribution in [1.82, 2.24) is 4.98 Å². The maximum atomic E-state index is 11.5. The van der Waals surface area contributed by atoms with Crippen LogP contribution in [0.3, 0.4) is 0 Å². The third-order valence-electron chi connectivity index (χ3n) is 3.25. The normalized spacial score (nSPS) is 19.1. The number of aromatic nitrogens is 1. The SMILES string of the molecule is COC(=O)[C@H]1CCN(c2ncc(S(C)(=O)=O)cc2Cl)C1. The Morgan fingerprint density at radius 1 is 1.55 bits per heavy atom. The van der Waals surface area contributed by atoms with Crippen LogP contribution in [0.1, 0.15) is 6.42 Å². The summed E-state index contributed by atoms with van der Waals surface area (Å²) in [4.78, 5) is 17.5. The molecule has 1 fully saturated rings. The van der Waals surface area contributed by atoms with E-state index in [0.29, 0.717) is 25.3 Å². The highest BCUT2D eigenvalue weighted by molar-refractivity contribution is 7.90. The smallest absolute Gasteiger partial charge is 0.310 e. The number of rotatable bonds is 3. The molecule has 0 spiro atoms. The number of carbonyl (C=O) groups is 1. The highest BCUT2D eigenvalue weighted by Crippen LogP contribution is 2.30. The second kappa shape index (κ2) is 5.57. The van der Waals surface area contributed by atoms with Crippen LogP contribution in [0, 0.1) is 5.92 Å². The monoisotopic (exact) mass is 318 g/mol. The van der Waals surface area contributed by atoms with Gasteiger partial charge in [0.1, 0.15) is 5.82 Å². The molecule has 20 heavy (non-hydrogen) atoms. The predicted molar refractivity (Wildman–Crippen MR) is 74.7 cm³/mol. The zero-order valence-corrected chi connectivity index (χ0v) is 12.7. The maximum absolute atomic E-state index is 11.5. The quantitative estimate of drug-likeness (QED) is 0.778. The molecule has 8 heteroatoms. The van der Waals surface area contributed by atoms with E-state index in [1.807, 2.05) is 4.90 Å². The van der Waals surface area contributed by atoms with E-state index < -0.39 is 9.84 Å². The number of ether oxygens (including phenoxy) is 1. The molecule has 2 rings (SSSR count). The van der Waals surface area contributed by atoms with Crippen LogP contribution in [-0.4, -0.2) is 45.8 Å². The topological polar surface area (TPSA) is 76.6 Å². The lowest BCUT2D eigenvalue weighted by atomic mass is 10.1. The molecule has 1 atom stereocenters. The zero-order valence-electron chi connectivity index (χ0n) is 11.2. The number of nitrogens with zero attached hydrogens (tertiary/aromatic N) is 2. The van der Waals surface area contributed by atoms with Gasteiger partial charge in [0.2, 0.25) is 0 Å². The van der Waals surface area contributed by atoms with E-state index in [9.17, 15) is 13.2 Å². The molecule has 1 aromatic rings. The Morgan fingerprint density at radius 2 is 2.25 bits per heavy atom. The van der Waals surface area contributed by atoms with Crippen LogP contribution in [0.4, 0.5) is 5.82 Å². The van der Waals surface area contributed by atoms with Crippen LogP contribution < -0.4 is 4.90 Å². The number of methoxy groups -OCH3 is 1. The molecule has 0 unspecified atom stereocenters. The highest BCUT2D eigenvalue weighted by Gasteiger charge is 2.30. The summed E-state index contributed by atoms with van der Waals surface area (Å²) in [5.74, 6) is 0.0364. The van der Waals surface area contributed by atoms with Crippen molar-refractivity contribution in [2.45, 2.75) is 11.3 Å². The molecule has 6 nitrogen and oxygen atoms in total. The molecule has 1 aliphatic heterocycles. The Kier molecular flexibility index (Phi) is 4.19. The molecule has 0 bridgehead atoms. The highest BCUT2D eigenvalue weighted by atomic mass is 35.5. The van der Waals surface area contributed by atoms with Crippen molar-refractivity contribution in [3.05, 3.63) is 17.3 Å². The van der Waals surface area contributed by atoms with Gasteiger partial charge in [0, 0.05) is 25.5 Å². The number of halogens is 1. The molecule has 0 aromatic carbocycles. The molecule has 0 saturated carbocycles. The molecule has 0 radical (unpaired) electrons. The summed E-state index contributed by atoms with van der Waals surface area (Å²) >= 11 is 6.09. The number of anilines is 1. The Morgan fingerprint density at radius 3 is 2.80 bits per heavy atom. The van der Waals surface area contributed by atoms with Crippen molar-refractivity contribution in [2.75, 3.05) is 31.4 Å². The van der Waals surface area contributed by atoms with Crippen LogP contribution in [0.2, 0.25) is 5.02 Å². The van der Waals surface area contributed by atoms with E-state index in [4.69, 9.17) is 16.3 Å². The van der Waals surface area contributed by atoms with Gasteiger partial charge in [0.05, 0.1) is 22.9 Å². The lowest BCUT2D eigenvalue weighted by molar-refractivity contribution is -0.144. The second-order valence-corrected chi connectivity index (χ2v) is 7.13. The maximum Gasteiger partial charge on any atom is 0.310 e. The van der Waals surface area contributed by atoms with Gasteiger partial charge in [-0.3, -0.25) is 4.79 Å². The first-order valence-electron chi connectivity index (χ1n) is 6.01. The van der Waals surface area contributed by atoms with Gasteiger partial charge in [-0.25, -0.2) is 13.4 Å². The van der Waals surface area contributed by atoms with Gasteiger partial charge >= 0.3 is 5.97 Å². The molecule has 1 saturated heterocycles. The fourth-order valence-electron chi connectivity index (χ4n) is 2.16. The first-order valence-corrected chi connectivity index (χ1v) is 8.28. The number of carbonyl (C=O) groups excluding carboxylic acids is 1. The van der Waals surface area contributed by atoms with Crippen LogP contribution >= 0.6 is 11.6 Å². The van der Waals surface area contributed by atoms with Gasteiger partial charge in [-0.15, -0.1) is 0 Å². The van der Waals surface area contributed by atoms with Gasteiger partial charge < -0.3 is 9.64 Å². The standard InChI is InChI=1S/C12H15ClN2O4S/c1-19-12(16)8-3-4-15(7-8)11-10(13)5-9(6-14-11)20(2,17)18/h5-6,8H,3-4,7H2,1-2H3/t8-/m0/s1. The van der Waals surface area contributed by atoms with E-state index in [2.05, 4.69) is 4.98 Å². The zero-order chi connectivity index (χ0) is 14.9. The van der Waals surface area contributed by atoms with Crippen molar-refractivity contribution in [3.8, 4) is 0 Å². The van der Waals surface area contributed by atoms with E-state index in [0.717, 1.165) is 6.26 Å². The molecular formula is C12H15ClN2O4S. The second-order valence-electron chi connectivity index (χ2n) is 4.70. The minimum atomic E-state index is -3.33. The van der Waals surface area contributed by atoms with E-state index >= 15 is 0 Å². The Hall–Kier alpha value is -1.34. The molecule has 1 aliphatic rings. The van der Waals surface area contributed by atoms with E-state index in [-0.39, 0.29) is 21.8 Å². The largest absolute Gasteiger partial charge is 0.469 e. The molecule has 0 N–H and O–H groups in total. The average Bonchev–Trinajstić information content (AvgIpc) is 2.86. The van der Waals surface area contributed by atoms with Gasteiger partial charge in [-0.05, 0) is 12.5 Å². The van der Waals surface area contributed by atoms with Crippen molar-refractivity contribution in [2.24, 2.45) is 5.92 Å². The number of pyridine rings is 1. The summed E-state index contributed by atoms with van der Waals surface area (Å²) < 4.78 is 27.6. The first-order chi connectivity index (χ1) is 9.32. The molecular weight excluding hydrogens is 304 g/mol. The summed E-state index contributed by atoms with van der Waals surface area (Å²) in [5.41, 5.74) is 0. The number of esters is 1. The molecule has 1 aromatic heterocycles. The third kappa shape index (κ3) is 3.04. The number of hydrogen-bond acceptors (Lipinski definition) is 6. The minimum Gasteiger partial charge on any atom is -0.469 e. The van der Waals surface area contributed by atoms with Crippen LogP contribution in [0.25, 0.3) is 0 Å². The number of hydrogen-bond donors (Lipinski definition) is 0. The van der Waals surface area contributed by atoms with Crippen LogP contribution in [0.15, 0.2) is 17.2 Å². The lowest BCUT2D eigenvalue weighted by Crippen LogP contribution is -2.24. The minimum absolute atomic E-state index is 0.0787. The van der Waals surface area contributed by atoms with Gasteiger partial charge in [0.25, 0.3) is 0 Å². The van der Waals surface area contributed by atoms with E-state index in [1.54, 1.807) is 0 Å². The fourth-order valence-corrected chi connectivity index (χ4v) is 3.09. The average molecular weight is 319 g/mol. The fraction of sp³-hybridized carbons (Fsp3) is 0.500. The Labute approximate surface area is 122 Å². The van der Waals surface area contributed by atoms with Crippen LogP contribution in [0.5, 0.6) is 0 Å². The van der Waals surface area contributed by atoms with Crippen molar-refractivity contribution in [3.63, 3.8) is 0 Å². The predicted octanol–water partition coefficient (Wildman–Crippen LogP) is 1.14. The summed E-state index contributed by atoms with van der Waals surface area (Å²) in [6.07, 6.45) is 3.05. The summed E-state index contributed by atoms with van der Waals surface area (Å²) in [5, 5.41) is 0.262. The van der Waals surface area contributed by atoms with Gasteiger partial charge in [-0.2, -0.15) is 0 Å². The third-order valence-corrected chi connectivity index (χ3v) is 4.60. The van der Waals surface area contributed by atoms with Gasteiger partial charge in [0.15, 0.2) is 9.84 Å². The first kappa shape index (κ1) is 15.1. The Balaban J connectivity index is 2.21. The molecule has 110 valence electrons.